The minimum Gasteiger partial charge on any atom is -0.326 e. The van der Waals surface area contributed by atoms with E-state index in [0.717, 1.165) is 16.1 Å². The van der Waals surface area contributed by atoms with Crippen molar-refractivity contribution in [2.75, 3.05) is 12.4 Å². The first-order valence-electron chi connectivity index (χ1n) is 7.64. The Morgan fingerprint density at radius 3 is 2.54 bits per heavy atom. The fourth-order valence-electron chi connectivity index (χ4n) is 2.63. The Balaban J connectivity index is 1.95. The standard InChI is InChI=1S/C18H19N3O2S/c1-11-6-8-13(9-7-11)19-17(22)15-12(2)21(3)18(23)20-16(15)14-5-4-10-24-14/h4-10,16H,1-3H3,(H,19,22)(H,20,23)/t16-/m1/s1. The lowest BCUT2D eigenvalue weighted by molar-refractivity contribution is -0.113. The average molecular weight is 341 g/mol. The molecule has 0 saturated heterocycles. The Morgan fingerprint density at radius 1 is 1.21 bits per heavy atom. The van der Waals surface area contributed by atoms with Gasteiger partial charge in [0.25, 0.3) is 5.91 Å². The number of amides is 3. The normalized spacial score (nSPS) is 17.7. The quantitative estimate of drug-likeness (QED) is 0.895. The molecule has 0 saturated carbocycles. The van der Waals surface area contributed by atoms with Crippen LogP contribution in [0.5, 0.6) is 0 Å². The van der Waals surface area contributed by atoms with Crippen molar-refractivity contribution in [1.82, 2.24) is 10.2 Å². The van der Waals surface area contributed by atoms with Crippen LogP contribution in [0.2, 0.25) is 0 Å². The van der Waals surface area contributed by atoms with Crippen LogP contribution in [0.4, 0.5) is 10.5 Å². The van der Waals surface area contributed by atoms with Crippen LogP contribution in [0, 0.1) is 6.92 Å². The van der Waals surface area contributed by atoms with Gasteiger partial charge in [-0.05, 0) is 37.4 Å². The number of thiophene rings is 1. The summed E-state index contributed by atoms with van der Waals surface area (Å²) in [5.41, 5.74) is 3.07. The molecule has 0 aliphatic carbocycles. The van der Waals surface area contributed by atoms with Crippen molar-refractivity contribution in [3.05, 3.63) is 63.5 Å². The van der Waals surface area contributed by atoms with E-state index in [1.165, 1.54) is 16.2 Å². The summed E-state index contributed by atoms with van der Waals surface area (Å²) in [6, 6.07) is 10.8. The van der Waals surface area contributed by atoms with Crippen molar-refractivity contribution in [3.8, 4) is 0 Å². The summed E-state index contributed by atoms with van der Waals surface area (Å²) in [5, 5.41) is 7.77. The maximum atomic E-state index is 12.9. The summed E-state index contributed by atoms with van der Waals surface area (Å²) in [4.78, 5) is 27.4. The van der Waals surface area contributed by atoms with Gasteiger partial charge in [0, 0.05) is 23.3 Å². The number of aryl methyl sites for hydroxylation is 1. The van der Waals surface area contributed by atoms with Crippen LogP contribution in [-0.4, -0.2) is 23.9 Å². The van der Waals surface area contributed by atoms with Crippen LogP contribution >= 0.6 is 11.3 Å². The van der Waals surface area contributed by atoms with Crippen LogP contribution in [0.3, 0.4) is 0 Å². The Labute approximate surface area is 145 Å². The molecule has 6 heteroatoms. The molecular formula is C18H19N3O2S. The molecule has 0 spiro atoms. The number of benzene rings is 1. The molecule has 0 fully saturated rings. The Hall–Kier alpha value is -2.60. The molecule has 0 radical (unpaired) electrons. The van der Waals surface area contributed by atoms with Crippen LogP contribution in [0.25, 0.3) is 0 Å². The number of nitrogens with one attached hydrogen (secondary N) is 2. The number of hydrogen-bond donors (Lipinski definition) is 2. The Morgan fingerprint density at radius 2 is 1.92 bits per heavy atom. The molecule has 1 aromatic carbocycles. The van der Waals surface area contributed by atoms with Crippen molar-refractivity contribution < 1.29 is 9.59 Å². The first-order valence-corrected chi connectivity index (χ1v) is 8.51. The summed E-state index contributed by atoms with van der Waals surface area (Å²) in [6.45, 7) is 3.79. The van der Waals surface area contributed by atoms with Gasteiger partial charge in [-0.15, -0.1) is 11.3 Å². The number of carbonyl (C=O) groups excluding carboxylic acids is 2. The van der Waals surface area contributed by atoms with Crippen molar-refractivity contribution in [2.24, 2.45) is 0 Å². The fraction of sp³-hybridized carbons (Fsp3) is 0.222. The lowest BCUT2D eigenvalue weighted by Crippen LogP contribution is -2.46. The van der Waals surface area contributed by atoms with E-state index < -0.39 is 6.04 Å². The lowest BCUT2D eigenvalue weighted by atomic mass is 9.99. The van der Waals surface area contributed by atoms with Crippen LogP contribution in [-0.2, 0) is 4.79 Å². The molecule has 124 valence electrons. The van der Waals surface area contributed by atoms with Gasteiger partial charge in [0.05, 0.1) is 11.6 Å². The van der Waals surface area contributed by atoms with E-state index in [-0.39, 0.29) is 11.9 Å². The highest BCUT2D eigenvalue weighted by Crippen LogP contribution is 2.32. The first kappa shape index (κ1) is 16.3. The van der Waals surface area contributed by atoms with E-state index in [1.807, 2.05) is 48.7 Å². The van der Waals surface area contributed by atoms with Gasteiger partial charge in [0.2, 0.25) is 0 Å². The molecule has 24 heavy (non-hydrogen) atoms. The second kappa shape index (κ2) is 6.49. The zero-order valence-corrected chi connectivity index (χ0v) is 14.6. The van der Waals surface area contributed by atoms with E-state index in [2.05, 4.69) is 10.6 Å². The van der Waals surface area contributed by atoms with Gasteiger partial charge in [0.15, 0.2) is 0 Å². The molecule has 2 aromatic rings. The Kier molecular flexibility index (Phi) is 4.40. The molecule has 5 nitrogen and oxygen atoms in total. The van der Waals surface area contributed by atoms with Crippen LogP contribution in [0.15, 0.2) is 53.0 Å². The molecule has 0 bridgehead atoms. The van der Waals surface area contributed by atoms with E-state index in [9.17, 15) is 9.59 Å². The van der Waals surface area contributed by atoms with Crippen molar-refractivity contribution in [3.63, 3.8) is 0 Å². The highest BCUT2D eigenvalue weighted by molar-refractivity contribution is 7.10. The van der Waals surface area contributed by atoms with Gasteiger partial charge in [-0.1, -0.05) is 23.8 Å². The number of carbonyl (C=O) groups is 2. The molecule has 1 atom stereocenters. The molecular weight excluding hydrogens is 322 g/mol. The van der Waals surface area contributed by atoms with Gasteiger partial charge in [-0.25, -0.2) is 4.79 Å². The molecule has 1 aliphatic rings. The third-order valence-electron chi connectivity index (χ3n) is 4.14. The zero-order chi connectivity index (χ0) is 17.3. The molecule has 1 aromatic heterocycles. The number of rotatable bonds is 3. The van der Waals surface area contributed by atoms with Gasteiger partial charge >= 0.3 is 6.03 Å². The average Bonchev–Trinajstić information content (AvgIpc) is 3.08. The first-order chi connectivity index (χ1) is 11.5. The highest BCUT2D eigenvalue weighted by atomic mass is 32.1. The van der Waals surface area contributed by atoms with Crippen molar-refractivity contribution in [1.29, 1.82) is 0 Å². The van der Waals surface area contributed by atoms with Crippen molar-refractivity contribution >= 4 is 29.0 Å². The highest BCUT2D eigenvalue weighted by Gasteiger charge is 2.34. The van der Waals surface area contributed by atoms with E-state index in [1.54, 1.807) is 14.0 Å². The van der Waals surface area contributed by atoms with Gasteiger partial charge in [-0.2, -0.15) is 0 Å². The van der Waals surface area contributed by atoms with Crippen molar-refractivity contribution in [2.45, 2.75) is 19.9 Å². The molecule has 1 aliphatic heterocycles. The second-order valence-corrected chi connectivity index (χ2v) is 6.76. The number of nitrogens with zero attached hydrogens (tertiary/aromatic N) is 1. The van der Waals surface area contributed by atoms with Gasteiger partial charge in [-0.3, -0.25) is 4.79 Å². The number of urea groups is 1. The summed E-state index contributed by atoms with van der Waals surface area (Å²) < 4.78 is 0. The van der Waals surface area contributed by atoms with Crippen LogP contribution in [0.1, 0.15) is 23.4 Å². The van der Waals surface area contributed by atoms with Gasteiger partial charge in [0.1, 0.15) is 0 Å². The lowest BCUT2D eigenvalue weighted by Gasteiger charge is -2.33. The summed E-state index contributed by atoms with van der Waals surface area (Å²) in [7, 11) is 1.66. The second-order valence-electron chi connectivity index (χ2n) is 5.78. The largest absolute Gasteiger partial charge is 0.326 e. The summed E-state index contributed by atoms with van der Waals surface area (Å²) >= 11 is 1.52. The number of allylic oxidation sites excluding steroid dienone is 1. The monoisotopic (exact) mass is 341 g/mol. The van der Waals surface area contributed by atoms with E-state index >= 15 is 0 Å². The minimum atomic E-state index is -0.431. The van der Waals surface area contributed by atoms with E-state index in [4.69, 9.17) is 0 Å². The minimum absolute atomic E-state index is 0.207. The van der Waals surface area contributed by atoms with Gasteiger partial charge < -0.3 is 15.5 Å². The fourth-order valence-corrected chi connectivity index (χ4v) is 3.42. The summed E-state index contributed by atoms with van der Waals surface area (Å²) in [5.74, 6) is -0.207. The third kappa shape index (κ3) is 3.05. The zero-order valence-electron chi connectivity index (χ0n) is 13.8. The molecule has 0 unspecified atom stereocenters. The van der Waals surface area contributed by atoms with Crippen LogP contribution < -0.4 is 10.6 Å². The number of hydrogen-bond acceptors (Lipinski definition) is 3. The maximum absolute atomic E-state index is 12.9. The SMILES string of the molecule is CC1=C(C(=O)Nc2ccc(C)cc2)[C@@H](c2cccs2)NC(=O)N1C. The maximum Gasteiger partial charge on any atom is 0.322 e. The molecule has 2 N–H and O–H groups in total. The summed E-state index contributed by atoms with van der Waals surface area (Å²) in [6.07, 6.45) is 0. The Bertz CT molecular complexity index is 794. The predicted molar refractivity (Wildman–Crippen MR) is 95.9 cm³/mol. The molecule has 2 heterocycles. The number of anilines is 1. The molecule has 3 amide bonds. The predicted octanol–water partition coefficient (Wildman–Crippen LogP) is 3.67. The van der Waals surface area contributed by atoms with E-state index in [0.29, 0.717) is 11.3 Å². The third-order valence-corrected chi connectivity index (χ3v) is 5.07. The topological polar surface area (TPSA) is 61.4 Å². The molecule has 3 rings (SSSR count). The smallest absolute Gasteiger partial charge is 0.322 e.